The maximum absolute atomic E-state index is 10.9. The second-order valence-corrected chi connectivity index (χ2v) is 3.72. The Morgan fingerprint density at radius 2 is 2.21 bits per heavy atom. The Hall–Kier alpha value is -0.680. The second-order valence-electron chi connectivity index (χ2n) is 2.30. The van der Waals surface area contributed by atoms with Crippen molar-refractivity contribution in [3.63, 3.8) is 0 Å². The number of thioether (sulfide) groups is 1. The number of carbonyl (C=O) groups is 2. The van der Waals surface area contributed by atoms with Crippen molar-refractivity contribution >= 4 is 35.3 Å². The molecule has 0 aromatic carbocycles. The summed E-state index contributed by atoms with van der Waals surface area (Å²) in [7, 11) is 0. The van der Waals surface area contributed by atoms with E-state index in [1.54, 1.807) is 17.8 Å². The zero-order valence-corrected chi connectivity index (χ0v) is 9.29. The van der Waals surface area contributed by atoms with Crippen molar-refractivity contribution in [3.05, 3.63) is 12.7 Å². The molecule has 0 heterocycles. The van der Waals surface area contributed by atoms with Gasteiger partial charge in [0.1, 0.15) is 5.88 Å². The maximum Gasteiger partial charge on any atom is 0.321 e. The van der Waals surface area contributed by atoms with E-state index < -0.39 is 11.9 Å². The Morgan fingerprint density at radius 1 is 1.50 bits per heavy atom. The van der Waals surface area contributed by atoms with Crippen LogP contribution in [0.25, 0.3) is 0 Å². The molecule has 0 rings (SSSR count). The molecule has 0 radical (unpaired) electrons. The molecule has 4 nitrogen and oxygen atoms in total. The van der Waals surface area contributed by atoms with Gasteiger partial charge in [-0.2, -0.15) is 11.8 Å². The quantitative estimate of drug-likeness (QED) is 0.411. The summed E-state index contributed by atoms with van der Waals surface area (Å²) in [5.41, 5.74) is 0. The fourth-order valence-corrected chi connectivity index (χ4v) is 1.25. The van der Waals surface area contributed by atoms with E-state index in [9.17, 15) is 9.59 Å². The van der Waals surface area contributed by atoms with Crippen molar-refractivity contribution in [1.82, 2.24) is 10.6 Å². The monoisotopic (exact) mass is 236 g/mol. The summed E-state index contributed by atoms with van der Waals surface area (Å²) in [6.07, 6.45) is 1.79. The van der Waals surface area contributed by atoms with Crippen molar-refractivity contribution in [2.24, 2.45) is 0 Å². The normalized spacial score (nSPS) is 9.21. The molecule has 0 aromatic rings. The molecule has 0 bridgehead atoms. The standard InChI is InChI=1S/C8H13ClN2O2S/c1-2-4-14-5-3-10-8(13)11-7(12)6-9/h2H,1,3-6H2,(H2,10,11,12,13). The molecule has 0 aliphatic heterocycles. The number of hydrogen-bond acceptors (Lipinski definition) is 3. The average Bonchev–Trinajstić information content (AvgIpc) is 2.17. The Balaban J connectivity index is 3.35. The number of hydrogen-bond donors (Lipinski definition) is 2. The Bertz CT molecular complexity index is 212. The van der Waals surface area contributed by atoms with Gasteiger partial charge in [0.15, 0.2) is 0 Å². The van der Waals surface area contributed by atoms with Gasteiger partial charge in [-0.15, -0.1) is 18.2 Å². The van der Waals surface area contributed by atoms with E-state index >= 15 is 0 Å². The zero-order chi connectivity index (χ0) is 10.8. The molecule has 80 valence electrons. The van der Waals surface area contributed by atoms with Gasteiger partial charge in [-0.3, -0.25) is 10.1 Å². The molecule has 0 aromatic heterocycles. The van der Waals surface area contributed by atoms with Crippen LogP contribution >= 0.6 is 23.4 Å². The summed E-state index contributed by atoms with van der Waals surface area (Å²) in [4.78, 5) is 21.5. The van der Waals surface area contributed by atoms with Crippen molar-refractivity contribution < 1.29 is 9.59 Å². The minimum Gasteiger partial charge on any atom is -0.337 e. The van der Waals surface area contributed by atoms with Gasteiger partial charge in [0.25, 0.3) is 0 Å². The van der Waals surface area contributed by atoms with Crippen LogP contribution in [-0.4, -0.2) is 35.9 Å². The lowest BCUT2D eigenvalue weighted by atomic mass is 10.6. The molecule has 0 aliphatic carbocycles. The molecule has 0 saturated heterocycles. The lowest BCUT2D eigenvalue weighted by Gasteiger charge is -2.04. The third-order valence-corrected chi connectivity index (χ3v) is 2.35. The zero-order valence-electron chi connectivity index (χ0n) is 7.72. The van der Waals surface area contributed by atoms with Gasteiger partial charge >= 0.3 is 6.03 Å². The van der Waals surface area contributed by atoms with Crippen LogP contribution in [0.4, 0.5) is 4.79 Å². The predicted octanol–water partition coefficient (Wildman–Crippen LogP) is 0.970. The highest BCUT2D eigenvalue weighted by Crippen LogP contribution is 1.96. The highest BCUT2D eigenvalue weighted by Gasteiger charge is 2.03. The average molecular weight is 237 g/mol. The molecule has 0 saturated carbocycles. The van der Waals surface area contributed by atoms with Crippen molar-refractivity contribution in [2.75, 3.05) is 23.9 Å². The Labute approximate surface area is 92.5 Å². The highest BCUT2D eigenvalue weighted by atomic mass is 35.5. The third-order valence-electron chi connectivity index (χ3n) is 1.14. The highest BCUT2D eigenvalue weighted by molar-refractivity contribution is 7.99. The van der Waals surface area contributed by atoms with Crippen LogP contribution in [0.15, 0.2) is 12.7 Å². The van der Waals surface area contributed by atoms with E-state index in [2.05, 4.69) is 17.2 Å². The molecule has 0 spiro atoms. The second kappa shape index (κ2) is 8.90. The minimum atomic E-state index is -0.505. The number of imide groups is 1. The van der Waals surface area contributed by atoms with Crippen molar-refractivity contribution in [1.29, 1.82) is 0 Å². The lowest BCUT2D eigenvalue weighted by Crippen LogP contribution is -2.40. The van der Waals surface area contributed by atoms with E-state index in [-0.39, 0.29) is 5.88 Å². The van der Waals surface area contributed by atoms with E-state index in [1.807, 2.05) is 0 Å². The number of amides is 3. The summed E-state index contributed by atoms with van der Waals surface area (Å²) in [5.74, 6) is 0.930. The van der Waals surface area contributed by atoms with E-state index in [0.29, 0.717) is 6.54 Å². The molecule has 0 aliphatic rings. The van der Waals surface area contributed by atoms with E-state index in [0.717, 1.165) is 11.5 Å². The number of alkyl halides is 1. The van der Waals surface area contributed by atoms with Crippen LogP contribution in [-0.2, 0) is 4.79 Å². The van der Waals surface area contributed by atoms with E-state index in [4.69, 9.17) is 11.6 Å². The number of urea groups is 1. The largest absolute Gasteiger partial charge is 0.337 e. The van der Waals surface area contributed by atoms with Gasteiger partial charge in [0.05, 0.1) is 0 Å². The van der Waals surface area contributed by atoms with Crippen molar-refractivity contribution in [2.45, 2.75) is 0 Å². The lowest BCUT2D eigenvalue weighted by molar-refractivity contribution is -0.117. The molecule has 0 atom stereocenters. The molecule has 3 amide bonds. The Morgan fingerprint density at radius 3 is 2.79 bits per heavy atom. The van der Waals surface area contributed by atoms with E-state index in [1.165, 1.54) is 0 Å². The fraction of sp³-hybridized carbons (Fsp3) is 0.500. The van der Waals surface area contributed by atoms with Gasteiger partial charge < -0.3 is 5.32 Å². The summed E-state index contributed by atoms with van der Waals surface area (Å²) in [5, 5.41) is 4.59. The van der Waals surface area contributed by atoms with Crippen LogP contribution in [0.2, 0.25) is 0 Å². The first-order valence-electron chi connectivity index (χ1n) is 4.03. The topological polar surface area (TPSA) is 58.2 Å². The van der Waals surface area contributed by atoms with Crippen LogP contribution in [0.1, 0.15) is 0 Å². The summed E-state index contributed by atoms with van der Waals surface area (Å²) >= 11 is 6.84. The third kappa shape index (κ3) is 7.94. The number of rotatable bonds is 6. The molecule has 0 unspecified atom stereocenters. The van der Waals surface area contributed by atoms with Crippen LogP contribution in [0.5, 0.6) is 0 Å². The molecule has 6 heteroatoms. The number of halogens is 1. The molecule has 0 fully saturated rings. The van der Waals surface area contributed by atoms with Gasteiger partial charge in [-0.25, -0.2) is 4.79 Å². The van der Waals surface area contributed by atoms with Gasteiger partial charge in [-0.05, 0) is 0 Å². The first-order chi connectivity index (χ1) is 6.70. The smallest absolute Gasteiger partial charge is 0.321 e. The number of nitrogens with one attached hydrogen (secondary N) is 2. The van der Waals surface area contributed by atoms with Crippen LogP contribution < -0.4 is 10.6 Å². The first-order valence-corrected chi connectivity index (χ1v) is 5.72. The molecular weight excluding hydrogens is 224 g/mol. The molecular formula is C8H13ClN2O2S. The summed E-state index contributed by atoms with van der Waals surface area (Å²) in [6, 6.07) is -0.505. The van der Waals surface area contributed by atoms with Crippen LogP contribution in [0.3, 0.4) is 0 Å². The summed E-state index contributed by atoms with van der Waals surface area (Å²) in [6.45, 7) is 4.08. The summed E-state index contributed by atoms with van der Waals surface area (Å²) < 4.78 is 0. The molecule has 2 N–H and O–H groups in total. The maximum atomic E-state index is 10.9. The van der Waals surface area contributed by atoms with Gasteiger partial charge in [-0.1, -0.05) is 6.08 Å². The molecule has 14 heavy (non-hydrogen) atoms. The SMILES string of the molecule is C=CCSCCNC(=O)NC(=O)CCl. The minimum absolute atomic E-state index is 0.210. The predicted molar refractivity (Wildman–Crippen MR) is 59.8 cm³/mol. The first kappa shape index (κ1) is 13.3. The van der Waals surface area contributed by atoms with Gasteiger partial charge in [0.2, 0.25) is 5.91 Å². The van der Waals surface area contributed by atoms with Crippen LogP contribution in [0, 0.1) is 0 Å². The van der Waals surface area contributed by atoms with Gasteiger partial charge in [0, 0.05) is 18.1 Å². The fourth-order valence-electron chi connectivity index (χ4n) is 0.608. The van der Waals surface area contributed by atoms with Crippen molar-refractivity contribution in [3.8, 4) is 0 Å². The number of carbonyl (C=O) groups excluding carboxylic acids is 2. The Kier molecular flexibility index (Phi) is 8.47.